The van der Waals surface area contributed by atoms with Crippen LogP contribution in [0.5, 0.6) is 5.75 Å². The van der Waals surface area contributed by atoms with Gasteiger partial charge < -0.3 is 4.74 Å². The fourth-order valence-electron chi connectivity index (χ4n) is 2.51. The molecule has 21 heavy (non-hydrogen) atoms. The molecule has 3 N–H and O–H groups in total. The molecule has 0 saturated carbocycles. The van der Waals surface area contributed by atoms with Crippen molar-refractivity contribution in [1.82, 2.24) is 5.43 Å². The van der Waals surface area contributed by atoms with Crippen molar-refractivity contribution in [3.05, 3.63) is 29.8 Å². The molecule has 4 unspecified atom stereocenters. The molecule has 5 heteroatoms. The van der Waals surface area contributed by atoms with E-state index in [-0.39, 0.29) is 0 Å². The van der Waals surface area contributed by atoms with Crippen LogP contribution < -0.4 is 16.0 Å². The van der Waals surface area contributed by atoms with Crippen molar-refractivity contribution in [3.8, 4) is 5.75 Å². The van der Waals surface area contributed by atoms with Crippen molar-refractivity contribution < 1.29 is 4.74 Å². The van der Waals surface area contributed by atoms with E-state index in [2.05, 4.69) is 54.9 Å². The van der Waals surface area contributed by atoms with Crippen LogP contribution in [0.1, 0.15) is 25.8 Å². The molecule has 0 spiro atoms. The fourth-order valence-corrected chi connectivity index (χ4v) is 5.66. The Hall–Kier alpha value is -0.360. The zero-order chi connectivity index (χ0) is 15.2. The second-order valence-corrected chi connectivity index (χ2v) is 8.61. The molecule has 1 heterocycles. The van der Waals surface area contributed by atoms with E-state index in [1.54, 1.807) is 7.11 Å². The van der Waals surface area contributed by atoms with Crippen molar-refractivity contribution in [3.63, 3.8) is 0 Å². The molecule has 118 valence electrons. The number of benzene rings is 1. The van der Waals surface area contributed by atoms with Crippen LogP contribution >= 0.6 is 23.5 Å². The van der Waals surface area contributed by atoms with Gasteiger partial charge in [-0.15, -0.1) is 0 Å². The summed E-state index contributed by atoms with van der Waals surface area (Å²) >= 11 is 4.16. The molecule has 0 radical (unpaired) electrons. The van der Waals surface area contributed by atoms with E-state index in [0.717, 1.165) is 23.8 Å². The smallest absolute Gasteiger partial charge is 0.118 e. The van der Waals surface area contributed by atoms with Crippen LogP contribution in [0.4, 0.5) is 0 Å². The highest BCUT2D eigenvalue weighted by atomic mass is 32.2. The summed E-state index contributed by atoms with van der Waals surface area (Å²) in [5.74, 6) is 7.90. The number of aryl methyl sites for hydroxylation is 1. The maximum Gasteiger partial charge on any atom is 0.118 e. The first-order valence-corrected chi connectivity index (χ1v) is 9.49. The molecule has 1 aromatic carbocycles. The molecule has 1 fully saturated rings. The Bertz CT molecular complexity index is 427. The van der Waals surface area contributed by atoms with Gasteiger partial charge in [-0.2, -0.15) is 23.5 Å². The van der Waals surface area contributed by atoms with Crippen molar-refractivity contribution in [2.24, 2.45) is 5.84 Å². The largest absolute Gasteiger partial charge is 0.497 e. The number of nitrogens with two attached hydrogens (primary N) is 1. The number of hydrazine groups is 1. The van der Waals surface area contributed by atoms with Crippen molar-refractivity contribution in [2.45, 2.75) is 48.5 Å². The summed E-state index contributed by atoms with van der Waals surface area (Å²) < 4.78 is 5.19. The summed E-state index contributed by atoms with van der Waals surface area (Å²) in [5.41, 5.74) is 4.38. The lowest BCUT2D eigenvalue weighted by molar-refractivity contribution is 0.414. The third-order valence-electron chi connectivity index (χ3n) is 4.14. The van der Waals surface area contributed by atoms with Gasteiger partial charge in [0.05, 0.1) is 7.11 Å². The van der Waals surface area contributed by atoms with Gasteiger partial charge in [-0.1, -0.05) is 26.0 Å². The Morgan fingerprint density at radius 1 is 1.29 bits per heavy atom. The average Bonchev–Trinajstić information content (AvgIpc) is 2.52. The Morgan fingerprint density at radius 2 is 2.00 bits per heavy atom. The van der Waals surface area contributed by atoms with Gasteiger partial charge >= 0.3 is 0 Å². The fraction of sp³-hybridized carbons (Fsp3) is 0.625. The summed E-state index contributed by atoms with van der Waals surface area (Å²) in [6.07, 6.45) is 2.12. The topological polar surface area (TPSA) is 47.3 Å². The normalized spacial score (nSPS) is 27.3. The summed E-state index contributed by atoms with van der Waals surface area (Å²) in [4.78, 5) is 0. The zero-order valence-corrected chi connectivity index (χ0v) is 14.7. The predicted molar refractivity (Wildman–Crippen MR) is 95.2 cm³/mol. The van der Waals surface area contributed by atoms with E-state index >= 15 is 0 Å². The van der Waals surface area contributed by atoms with Crippen molar-refractivity contribution in [1.29, 1.82) is 0 Å². The second-order valence-electron chi connectivity index (χ2n) is 5.58. The van der Waals surface area contributed by atoms with Crippen LogP contribution in [0, 0.1) is 0 Å². The Labute approximate surface area is 136 Å². The van der Waals surface area contributed by atoms with Gasteiger partial charge in [-0.25, -0.2) is 0 Å². The van der Waals surface area contributed by atoms with Crippen LogP contribution in [0.3, 0.4) is 0 Å². The van der Waals surface area contributed by atoms with Crippen LogP contribution in [0.2, 0.25) is 0 Å². The number of thioether (sulfide) groups is 2. The number of rotatable bonds is 6. The van der Waals surface area contributed by atoms with E-state index in [9.17, 15) is 0 Å². The van der Waals surface area contributed by atoms with Gasteiger partial charge in [0.25, 0.3) is 0 Å². The van der Waals surface area contributed by atoms with E-state index in [4.69, 9.17) is 10.6 Å². The lowest BCUT2D eigenvalue weighted by Crippen LogP contribution is -2.46. The molecule has 0 bridgehead atoms. The Morgan fingerprint density at radius 3 is 2.57 bits per heavy atom. The average molecular weight is 327 g/mol. The SMILES string of the molecule is COc1ccc(CCC(NN)C2CSC(C)C(C)S2)cc1. The zero-order valence-electron chi connectivity index (χ0n) is 13.0. The first-order valence-electron chi connectivity index (χ1n) is 7.50. The molecule has 1 aliphatic heterocycles. The monoisotopic (exact) mass is 326 g/mol. The molecular weight excluding hydrogens is 300 g/mol. The van der Waals surface area contributed by atoms with Crippen LogP contribution in [-0.2, 0) is 6.42 Å². The lowest BCUT2D eigenvalue weighted by atomic mass is 10.0. The van der Waals surface area contributed by atoms with E-state index in [1.807, 2.05) is 12.1 Å². The number of methoxy groups -OCH3 is 1. The Balaban J connectivity index is 1.87. The minimum atomic E-state index is 0.375. The molecular formula is C16H26N2OS2. The molecule has 4 atom stereocenters. The molecule has 0 aliphatic carbocycles. The van der Waals surface area contributed by atoms with Crippen LogP contribution in [0.15, 0.2) is 24.3 Å². The van der Waals surface area contributed by atoms with Gasteiger partial charge in [-0.05, 0) is 30.5 Å². The quantitative estimate of drug-likeness (QED) is 0.621. The third kappa shape index (κ3) is 4.81. The molecule has 0 amide bonds. The van der Waals surface area contributed by atoms with Crippen LogP contribution in [0.25, 0.3) is 0 Å². The minimum Gasteiger partial charge on any atom is -0.497 e. The highest BCUT2D eigenvalue weighted by Gasteiger charge is 2.30. The highest BCUT2D eigenvalue weighted by Crippen LogP contribution is 2.37. The summed E-state index contributed by atoms with van der Waals surface area (Å²) in [6.45, 7) is 4.65. The predicted octanol–water partition coefficient (Wildman–Crippen LogP) is 3.09. The molecule has 1 saturated heterocycles. The summed E-state index contributed by atoms with van der Waals surface area (Å²) in [5, 5.41) is 2.04. The molecule has 0 aromatic heterocycles. The van der Waals surface area contributed by atoms with E-state index < -0.39 is 0 Å². The van der Waals surface area contributed by atoms with Crippen molar-refractivity contribution in [2.75, 3.05) is 12.9 Å². The highest BCUT2D eigenvalue weighted by molar-refractivity contribution is 8.07. The molecule has 2 rings (SSSR count). The first-order chi connectivity index (χ1) is 10.1. The second kappa shape index (κ2) is 8.32. The maximum absolute atomic E-state index is 5.80. The summed E-state index contributed by atoms with van der Waals surface area (Å²) in [6, 6.07) is 8.70. The first kappa shape index (κ1) is 17.0. The molecule has 1 aromatic rings. The Kier molecular flexibility index (Phi) is 6.74. The van der Waals surface area contributed by atoms with E-state index in [1.165, 1.54) is 11.3 Å². The van der Waals surface area contributed by atoms with Gasteiger partial charge in [-0.3, -0.25) is 11.3 Å². The van der Waals surface area contributed by atoms with Gasteiger partial charge in [0.15, 0.2) is 0 Å². The molecule has 1 aliphatic rings. The lowest BCUT2D eigenvalue weighted by Gasteiger charge is -2.35. The summed E-state index contributed by atoms with van der Waals surface area (Å²) in [7, 11) is 1.70. The van der Waals surface area contributed by atoms with Crippen LogP contribution in [-0.4, -0.2) is 34.7 Å². The van der Waals surface area contributed by atoms with Gasteiger partial charge in [0.1, 0.15) is 5.75 Å². The number of ether oxygens (including phenoxy) is 1. The number of hydrogen-bond acceptors (Lipinski definition) is 5. The standard InChI is InChI=1S/C16H26N2OS2/c1-11-12(2)21-16(10-20-11)15(18-17)9-6-13-4-7-14(19-3)8-5-13/h4-5,7-8,11-12,15-16,18H,6,9-10,17H2,1-3H3. The number of nitrogens with one attached hydrogen (secondary N) is 1. The maximum atomic E-state index is 5.80. The van der Waals surface area contributed by atoms with E-state index in [0.29, 0.717) is 16.5 Å². The van der Waals surface area contributed by atoms with Gasteiger partial charge in [0.2, 0.25) is 0 Å². The minimum absolute atomic E-state index is 0.375. The third-order valence-corrected chi connectivity index (χ3v) is 7.69. The number of hydrogen-bond donors (Lipinski definition) is 2. The van der Waals surface area contributed by atoms with Gasteiger partial charge in [0, 0.05) is 27.5 Å². The van der Waals surface area contributed by atoms with Crippen molar-refractivity contribution >= 4 is 23.5 Å². The molecule has 3 nitrogen and oxygen atoms in total.